The van der Waals surface area contributed by atoms with E-state index < -0.39 is 5.60 Å². The van der Waals surface area contributed by atoms with Crippen molar-refractivity contribution < 1.29 is 19.5 Å². The van der Waals surface area contributed by atoms with Crippen LogP contribution in [0.1, 0.15) is 42.5 Å². The monoisotopic (exact) mass is 447 g/mol. The second kappa shape index (κ2) is 8.63. The summed E-state index contributed by atoms with van der Waals surface area (Å²) >= 11 is 0. The van der Waals surface area contributed by atoms with Gasteiger partial charge in [0.15, 0.2) is 0 Å². The summed E-state index contributed by atoms with van der Waals surface area (Å²) in [5.41, 5.74) is 2.19. The Hall–Kier alpha value is -3.19. The molecule has 7 nitrogen and oxygen atoms in total. The van der Waals surface area contributed by atoms with E-state index in [-0.39, 0.29) is 23.6 Å². The van der Waals surface area contributed by atoms with Gasteiger partial charge in [-0.1, -0.05) is 30.7 Å². The van der Waals surface area contributed by atoms with E-state index in [2.05, 4.69) is 5.32 Å². The Morgan fingerprint density at radius 3 is 2.15 bits per heavy atom. The number of nitrogens with zero attached hydrogens (tertiary/aromatic N) is 2. The maximum absolute atomic E-state index is 12.9. The quantitative estimate of drug-likeness (QED) is 0.738. The number of hydrogen-bond donors (Lipinski definition) is 2. The Kier molecular flexibility index (Phi) is 5.66. The fourth-order valence-electron chi connectivity index (χ4n) is 4.42. The number of nitrogens with one attached hydrogen (secondary N) is 1. The van der Waals surface area contributed by atoms with Gasteiger partial charge in [-0.05, 0) is 61.1 Å². The molecule has 2 aromatic carbocycles. The number of carbonyl (C=O) groups excluding carboxylic acids is 3. The fourth-order valence-corrected chi connectivity index (χ4v) is 4.42. The van der Waals surface area contributed by atoms with Crippen molar-refractivity contribution in [3.63, 3.8) is 0 Å². The summed E-state index contributed by atoms with van der Waals surface area (Å²) in [6, 6.07) is 15.2. The molecular formula is C26H29N3O4. The SMILES string of the molecule is O=C(Nc1cccc(-c2ccc(C(=O)N3CCN(C(=O)C4(O)CC4)CC3)cc2)c1)C1CCC1. The third-order valence-corrected chi connectivity index (χ3v) is 7.05. The molecule has 33 heavy (non-hydrogen) atoms. The Balaban J connectivity index is 1.20. The number of anilines is 1. The summed E-state index contributed by atoms with van der Waals surface area (Å²) in [7, 11) is 0. The highest BCUT2D eigenvalue weighted by Gasteiger charge is 2.50. The normalized spacial score (nSPS) is 19.5. The van der Waals surface area contributed by atoms with E-state index in [0.29, 0.717) is 44.6 Å². The minimum atomic E-state index is -1.15. The summed E-state index contributed by atoms with van der Waals surface area (Å²) in [6.45, 7) is 1.82. The van der Waals surface area contributed by atoms with E-state index in [9.17, 15) is 19.5 Å². The highest BCUT2D eigenvalue weighted by molar-refractivity contribution is 5.96. The molecule has 1 aliphatic heterocycles. The van der Waals surface area contributed by atoms with Crippen LogP contribution in [0.2, 0.25) is 0 Å². The van der Waals surface area contributed by atoms with Gasteiger partial charge in [-0.2, -0.15) is 0 Å². The van der Waals surface area contributed by atoms with Crippen molar-refractivity contribution in [2.45, 2.75) is 37.7 Å². The topological polar surface area (TPSA) is 90.0 Å². The lowest BCUT2D eigenvalue weighted by atomic mass is 9.85. The zero-order valence-electron chi connectivity index (χ0n) is 18.6. The molecule has 7 heteroatoms. The molecule has 3 aliphatic rings. The van der Waals surface area contributed by atoms with Gasteiger partial charge in [0.25, 0.3) is 11.8 Å². The number of rotatable bonds is 5. The van der Waals surface area contributed by atoms with Crippen molar-refractivity contribution in [1.29, 1.82) is 0 Å². The van der Waals surface area contributed by atoms with E-state index >= 15 is 0 Å². The highest BCUT2D eigenvalue weighted by Crippen LogP contribution is 2.37. The minimum Gasteiger partial charge on any atom is -0.380 e. The maximum atomic E-state index is 12.9. The Morgan fingerprint density at radius 1 is 0.879 bits per heavy atom. The van der Waals surface area contributed by atoms with E-state index in [1.807, 2.05) is 48.5 Å². The van der Waals surface area contributed by atoms with E-state index in [0.717, 1.165) is 36.1 Å². The van der Waals surface area contributed by atoms with Crippen LogP contribution in [0.25, 0.3) is 11.1 Å². The van der Waals surface area contributed by atoms with Crippen molar-refractivity contribution in [3.8, 4) is 11.1 Å². The standard InChI is InChI=1S/C26H29N3O4/c30-23(19-3-1-4-19)27-22-6-2-5-21(17-22)18-7-9-20(10-8-18)24(31)28-13-15-29(16-14-28)25(32)26(33)11-12-26/h2,5-10,17,19,33H,1,3-4,11-16H2,(H,27,30). The number of aliphatic hydroxyl groups is 1. The van der Waals surface area contributed by atoms with Crippen molar-refractivity contribution in [2.75, 3.05) is 31.5 Å². The molecule has 2 saturated carbocycles. The first-order valence-electron chi connectivity index (χ1n) is 11.8. The van der Waals surface area contributed by atoms with Gasteiger partial charge in [-0.3, -0.25) is 14.4 Å². The van der Waals surface area contributed by atoms with Crippen LogP contribution in [0.3, 0.4) is 0 Å². The second-order valence-electron chi connectivity index (χ2n) is 9.39. The Labute approximate surface area is 193 Å². The number of carbonyl (C=O) groups is 3. The summed E-state index contributed by atoms with van der Waals surface area (Å²) < 4.78 is 0. The van der Waals surface area contributed by atoms with Crippen LogP contribution in [-0.2, 0) is 9.59 Å². The molecule has 0 spiro atoms. The van der Waals surface area contributed by atoms with Gasteiger partial charge < -0.3 is 20.2 Å². The van der Waals surface area contributed by atoms with Crippen molar-refractivity contribution in [2.24, 2.45) is 5.92 Å². The molecule has 3 amide bonds. The third kappa shape index (κ3) is 4.50. The van der Waals surface area contributed by atoms with Gasteiger partial charge in [0, 0.05) is 43.3 Å². The predicted molar refractivity (Wildman–Crippen MR) is 125 cm³/mol. The lowest BCUT2D eigenvalue weighted by Gasteiger charge is -2.35. The zero-order chi connectivity index (χ0) is 23.0. The van der Waals surface area contributed by atoms with Gasteiger partial charge in [-0.15, -0.1) is 0 Å². The number of amides is 3. The first-order chi connectivity index (χ1) is 15.9. The molecule has 0 unspecified atom stereocenters. The average Bonchev–Trinajstić information content (AvgIpc) is 3.56. The maximum Gasteiger partial charge on any atom is 0.254 e. The van der Waals surface area contributed by atoms with Gasteiger partial charge in [-0.25, -0.2) is 0 Å². The van der Waals surface area contributed by atoms with Crippen LogP contribution in [0.15, 0.2) is 48.5 Å². The lowest BCUT2D eigenvalue weighted by Crippen LogP contribution is -2.53. The van der Waals surface area contributed by atoms with Crippen LogP contribution in [0.5, 0.6) is 0 Å². The zero-order valence-corrected chi connectivity index (χ0v) is 18.6. The van der Waals surface area contributed by atoms with Gasteiger partial charge in [0.05, 0.1) is 0 Å². The number of piperazine rings is 1. The molecule has 5 rings (SSSR count). The van der Waals surface area contributed by atoms with Crippen molar-refractivity contribution in [1.82, 2.24) is 9.80 Å². The van der Waals surface area contributed by atoms with Crippen molar-refractivity contribution in [3.05, 3.63) is 54.1 Å². The van der Waals surface area contributed by atoms with E-state index in [1.54, 1.807) is 9.80 Å². The molecule has 2 aromatic rings. The Morgan fingerprint density at radius 2 is 1.55 bits per heavy atom. The molecule has 1 heterocycles. The average molecular weight is 448 g/mol. The molecule has 0 aromatic heterocycles. The van der Waals surface area contributed by atoms with E-state index in [1.165, 1.54) is 0 Å². The fraction of sp³-hybridized carbons (Fsp3) is 0.423. The molecule has 172 valence electrons. The summed E-state index contributed by atoms with van der Waals surface area (Å²) in [5.74, 6) is -0.0322. The molecule has 0 atom stereocenters. The van der Waals surface area contributed by atoms with Crippen LogP contribution in [0.4, 0.5) is 5.69 Å². The largest absolute Gasteiger partial charge is 0.380 e. The molecule has 0 bridgehead atoms. The van der Waals surface area contributed by atoms with Crippen LogP contribution < -0.4 is 5.32 Å². The summed E-state index contributed by atoms with van der Waals surface area (Å²) in [4.78, 5) is 40.9. The second-order valence-corrected chi connectivity index (χ2v) is 9.39. The van der Waals surface area contributed by atoms with E-state index in [4.69, 9.17) is 0 Å². The first kappa shape index (κ1) is 21.6. The van der Waals surface area contributed by atoms with Gasteiger partial charge >= 0.3 is 0 Å². The third-order valence-electron chi connectivity index (χ3n) is 7.05. The van der Waals surface area contributed by atoms with Gasteiger partial charge in [0.2, 0.25) is 5.91 Å². The van der Waals surface area contributed by atoms with Crippen LogP contribution in [-0.4, -0.2) is 64.4 Å². The smallest absolute Gasteiger partial charge is 0.254 e. The lowest BCUT2D eigenvalue weighted by molar-refractivity contribution is -0.143. The molecule has 0 radical (unpaired) electrons. The predicted octanol–water partition coefficient (Wildman–Crippen LogP) is 2.90. The van der Waals surface area contributed by atoms with Crippen LogP contribution >= 0.6 is 0 Å². The first-order valence-corrected chi connectivity index (χ1v) is 11.8. The molecular weight excluding hydrogens is 418 g/mol. The van der Waals surface area contributed by atoms with Gasteiger partial charge in [0.1, 0.15) is 5.60 Å². The molecule has 1 saturated heterocycles. The summed E-state index contributed by atoms with van der Waals surface area (Å²) in [6.07, 6.45) is 4.13. The van der Waals surface area contributed by atoms with Crippen LogP contribution in [0, 0.1) is 5.92 Å². The molecule has 2 N–H and O–H groups in total. The van der Waals surface area contributed by atoms with Crippen molar-refractivity contribution >= 4 is 23.4 Å². The summed E-state index contributed by atoms with van der Waals surface area (Å²) in [5, 5.41) is 13.0. The Bertz CT molecular complexity index is 1070. The number of hydrogen-bond acceptors (Lipinski definition) is 4. The minimum absolute atomic E-state index is 0.0553. The highest BCUT2D eigenvalue weighted by atomic mass is 16.3. The number of benzene rings is 2. The molecule has 2 aliphatic carbocycles. The molecule has 3 fully saturated rings.